The molecule has 21 heavy (non-hydrogen) atoms. The van der Waals surface area contributed by atoms with E-state index >= 15 is 0 Å². The largest absolute Gasteiger partial charge is 0.286 e. The van der Waals surface area contributed by atoms with Crippen LogP contribution in [-0.2, 0) is 10.0 Å². The molecule has 0 aliphatic carbocycles. The Morgan fingerprint density at radius 1 is 1.29 bits per heavy atom. The van der Waals surface area contributed by atoms with Crippen molar-refractivity contribution in [3.63, 3.8) is 0 Å². The van der Waals surface area contributed by atoms with Crippen LogP contribution in [0.5, 0.6) is 0 Å². The molecule has 0 saturated heterocycles. The Hall–Kier alpha value is -1.60. The van der Waals surface area contributed by atoms with Crippen molar-refractivity contribution in [2.45, 2.75) is 19.8 Å². The highest BCUT2D eigenvalue weighted by molar-refractivity contribution is 7.92. The summed E-state index contributed by atoms with van der Waals surface area (Å²) in [5.41, 5.74) is 0.435. The van der Waals surface area contributed by atoms with Crippen molar-refractivity contribution >= 4 is 27.3 Å². The molecule has 0 aromatic carbocycles. The number of anilines is 1. The van der Waals surface area contributed by atoms with E-state index in [1.54, 1.807) is 35.3 Å². The minimum atomic E-state index is -3.42. The molecule has 0 fully saturated rings. The fourth-order valence-corrected chi connectivity index (χ4v) is 3.25. The van der Waals surface area contributed by atoms with Gasteiger partial charge in [0.1, 0.15) is 5.82 Å². The smallest absolute Gasteiger partial charge is 0.232 e. The molecule has 0 unspecified atom stereocenters. The summed E-state index contributed by atoms with van der Waals surface area (Å²) < 4.78 is 28.5. The Morgan fingerprint density at radius 2 is 2.10 bits per heavy atom. The van der Waals surface area contributed by atoms with E-state index in [4.69, 9.17) is 11.6 Å². The SMILES string of the molecule is Cc1nccn1-c1ncccc1NS(=O)(=O)CCCCCl. The van der Waals surface area contributed by atoms with Crippen molar-refractivity contribution in [1.82, 2.24) is 14.5 Å². The Bertz CT molecular complexity index is 700. The van der Waals surface area contributed by atoms with Crippen LogP contribution in [0.2, 0.25) is 0 Å². The maximum Gasteiger partial charge on any atom is 0.232 e. The molecule has 2 aromatic rings. The van der Waals surface area contributed by atoms with Crippen LogP contribution in [0.4, 0.5) is 5.69 Å². The number of hydrogen-bond acceptors (Lipinski definition) is 4. The lowest BCUT2D eigenvalue weighted by atomic mass is 10.4. The van der Waals surface area contributed by atoms with Gasteiger partial charge in [0.15, 0.2) is 5.82 Å². The first-order valence-electron chi connectivity index (χ1n) is 6.55. The highest BCUT2D eigenvalue weighted by atomic mass is 35.5. The maximum atomic E-state index is 12.1. The van der Waals surface area contributed by atoms with Crippen molar-refractivity contribution in [2.75, 3.05) is 16.4 Å². The minimum Gasteiger partial charge on any atom is -0.286 e. The van der Waals surface area contributed by atoms with Crippen LogP contribution in [0.25, 0.3) is 5.82 Å². The first-order valence-corrected chi connectivity index (χ1v) is 8.74. The molecular weight excluding hydrogens is 312 g/mol. The molecular formula is C13H17ClN4O2S. The number of rotatable bonds is 7. The predicted octanol–water partition coefficient (Wildman–Crippen LogP) is 2.34. The molecule has 0 spiro atoms. The van der Waals surface area contributed by atoms with Gasteiger partial charge in [-0.25, -0.2) is 18.4 Å². The van der Waals surface area contributed by atoms with Gasteiger partial charge in [0, 0.05) is 24.5 Å². The molecule has 2 heterocycles. The molecule has 114 valence electrons. The van der Waals surface area contributed by atoms with E-state index in [0.29, 0.717) is 30.2 Å². The van der Waals surface area contributed by atoms with Crippen LogP contribution in [0, 0.1) is 6.92 Å². The molecule has 0 aliphatic heterocycles. The van der Waals surface area contributed by atoms with Crippen molar-refractivity contribution in [3.05, 3.63) is 36.5 Å². The van der Waals surface area contributed by atoms with Crippen molar-refractivity contribution < 1.29 is 8.42 Å². The summed E-state index contributed by atoms with van der Waals surface area (Å²) in [6.45, 7) is 1.83. The highest BCUT2D eigenvalue weighted by Gasteiger charge is 2.15. The summed E-state index contributed by atoms with van der Waals surface area (Å²) in [7, 11) is -3.42. The third-order valence-electron chi connectivity index (χ3n) is 2.90. The Balaban J connectivity index is 2.23. The van der Waals surface area contributed by atoms with Gasteiger partial charge in [0.25, 0.3) is 0 Å². The summed E-state index contributed by atoms with van der Waals surface area (Å²) in [4.78, 5) is 8.36. The van der Waals surface area contributed by atoms with E-state index in [9.17, 15) is 8.42 Å². The number of unbranched alkanes of at least 4 members (excludes halogenated alkanes) is 1. The van der Waals surface area contributed by atoms with Crippen LogP contribution < -0.4 is 4.72 Å². The van der Waals surface area contributed by atoms with Gasteiger partial charge >= 0.3 is 0 Å². The van der Waals surface area contributed by atoms with E-state index in [-0.39, 0.29) is 5.75 Å². The summed E-state index contributed by atoms with van der Waals surface area (Å²) in [5.74, 6) is 1.74. The summed E-state index contributed by atoms with van der Waals surface area (Å²) in [6.07, 6.45) is 6.19. The number of sulfonamides is 1. The average Bonchev–Trinajstić information content (AvgIpc) is 2.85. The molecule has 6 nitrogen and oxygen atoms in total. The highest BCUT2D eigenvalue weighted by Crippen LogP contribution is 2.20. The predicted molar refractivity (Wildman–Crippen MR) is 83.5 cm³/mol. The molecule has 0 aliphatic rings. The van der Waals surface area contributed by atoms with Gasteiger partial charge in [-0.1, -0.05) is 0 Å². The number of pyridine rings is 1. The van der Waals surface area contributed by atoms with Crippen LogP contribution >= 0.6 is 11.6 Å². The quantitative estimate of drug-likeness (QED) is 0.625. The van der Waals surface area contributed by atoms with E-state index in [1.165, 1.54) is 0 Å². The second-order valence-corrected chi connectivity index (χ2v) is 6.76. The van der Waals surface area contributed by atoms with Gasteiger partial charge in [-0.2, -0.15) is 0 Å². The van der Waals surface area contributed by atoms with Gasteiger partial charge in [0.2, 0.25) is 10.0 Å². The molecule has 2 aromatic heterocycles. The number of halogens is 1. The van der Waals surface area contributed by atoms with Crippen molar-refractivity contribution in [2.24, 2.45) is 0 Å². The normalized spacial score (nSPS) is 11.5. The number of imidazole rings is 1. The monoisotopic (exact) mass is 328 g/mol. The van der Waals surface area contributed by atoms with Crippen LogP contribution in [0.1, 0.15) is 18.7 Å². The zero-order valence-corrected chi connectivity index (χ0v) is 13.2. The van der Waals surface area contributed by atoms with Crippen molar-refractivity contribution in [1.29, 1.82) is 0 Å². The lowest BCUT2D eigenvalue weighted by molar-refractivity contribution is 0.598. The van der Waals surface area contributed by atoms with Gasteiger partial charge in [-0.15, -0.1) is 11.6 Å². The van der Waals surface area contributed by atoms with Crippen LogP contribution in [0.15, 0.2) is 30.7 Å². The van der Waals surface area contributed by atoms with Gasteiger partial charge in [-0.05, 0) is 31.9 Å². The number of alkyl halides is 1. The second-order valence-electron chi connectivity index (χ2n) is 4.54. The number of nitrogens with zero attached hydrogens (tertiary/aromatic N) is 3. The average molecular weight is 329 g/mol. The number of hydrogen-bond donors (Lipinski definition) is 1. The summed E-state index contributed by atoms with van der Waals surface area (Å²) in [5, 5.41) is 0. The fourth-order valence-electron chi connectivity index (χ4n) is 1.88. The van der Waals surface area contributed by atoms with Gasteiger partial charge in [0.05, 0.1) is 11.4 Å². The molecule has 0 amide bonds. The third-order valence-corrected chi connectivity index (χ3v) is 4.53. The molecule has 0 radical (unpaired) electrons. The topological polar surface area (TPSA) is 76.9 Å². The molecule has 0 atom stereocenters. The molecule has 8 heteroatoms. The second kappa shape index (κ2) is 6.91. The van der Waals surface area contributed by atoms with Gasteiger partial charge in [-0.3, -0.25) is 9.29 Å². The lowest BCUT2D eigenvalue weighted by Gasteiger charge is -2.12. The Morgan fingerprint density at radius 3 is 2.76 bits per heavy atom. The minimum absolute atomic E-state index is 0.0387. The van der Waals surface area contributed by atoms with Crippen molar-refractivity contribution in [3.8, 4) is 5.82 Å². The van der Waals surface area contributed by atoms with E-state index in [2.05, 4.69) is 14.7 Å². The van der Waals surface area contributed by atoms with E-state index < -0.39 is 10.0 Å². The van der Waals surface area contributed by atoms with Crippen LogP contribution in [0.3, 0.4) is 0 Å². The number of aryl methyl sites for hydroxylation is 1. The van der Waals surface area contributed by atoms with E-state index in [0.717, 1.165) is 5.82 Å². The summed E-state index contributed by atoms with van der Waals surface area (Å²) in [6, 6.07) is 3.37. The molecule has 1 N–H and O–H groups in total. The zero-order valence-electron chi connectivity index (χ0n) is 11.7. The van der Waals surface area contributed by atoms with Crippen LogP contribution in [-0.4, -0.2) is 34.6 Å². The summed E-state index contributed by atoms with van der Waals surface area (Å²) >= 11 is 5.57. The van der Waals surface area contributed by atoms with E-state index in [1.807, 2.05) is 6.92 Å². The molecule has 0 saturated carbocycles. The Kier molecular flexibility index (Phi) is 5.19. The number of aromatic nitrogens is 3. The molecule has 2 rings (SSSR count). The Labute approximate surface area is 129 Å². The fraction of sp³-hybridized carbons (Fsp3) is 0.385. The lowest BCUT2D eigenvalue weighted by Crippen LogP contribution is -2.18. The first-order chi connectivity index (χ1) is 10.0. The standard InChI is InChI=1S/C13H17ClN4O2S/c1-11-15-8-9-18(11)13-12(5-4-7-16-13)17-21(19,20)10-3-2-6-14/h4-5,7-9,17H,2-3,6,10H2,1H3. The van der Waals surface area contributed by atoms with Gasteiger partial charge < -0.3 is 0 Å². The third kappa shape index (κ3) is 4.18. The molecule has 0 bridgehead atoms. The zero-order chi connectivity index (χ0) is 15.3. The number of nitrogens with one attached hydrogen (secondary N) is 1. The maximum absolute atomic E-state index is 12.1. The first kappa shape index (κ1) is 15.8.